The first kappa shape index (κ1) is 9.34. The first-order chi connectivity index (χ1) is 6.61. The first-order valence-electron chi connectivity index (χ1n) is 4.76. The molecule has 3 nitrogen and oxygen atoms in total. The van der Waals surface area contributed by atoms with Crippen LogP contribution in [0.25, 0.3) is 0 Å². The Morgan fingerprint density at radius 3 is 2.71 bits per heavy atom. The number of nitrogens with two attached hydrogens (primary N) is 1. The van der Waals surface area contributed by atoms with Crippen LogP contribution in [-0.4, -0.2) is 6.79 Å². The van der Waals surface area contributed by atoms with Crippen molar-refractivity contribution in [2.24, 2.45) is 5.73 Å². The van der Waals surface area contributed by atoms with E-state index in [1.54, 1.807) is 0 Å². The lowest BCUT2D eigenvalue weighted by Gasteiger charge is -2.14. The number of hydrogen-bond donors (Lipinski definition) is 1. The average molecular weight is 193 g/mol. The highest BCUT2D eigenvalue weighted by Gasteiger charge is 2.22. The van der Waals surface area contributed by atoms with E-state index in [2.05, 4.69) is 13.8 Å². The van der Waals surface area contributed by atoms with Crippen molar-refractivity contribution in [3.63, 3.8) is 0 Å². The number of aryl methyl sites for hydroxylation is 1. The molecule has 1 heterocycles. The molecule has 1 aromatic carbocycles. The first-order valence-corrected chi connectivity index (χ1v) is 4.76. The van der Waals surface area contributed by atoms with E-state index in [-0.39, 0.29) is 6.04 Å². The van der Waals surface area contributed by atoms with Crippen molar-refractivity contribution in [2.75, 3.05) is 6.79 Å². The third-order valence-electron chi connectivity index (χ3n) is 2.68. The minimum atomic E-state index is -0.0228. The lowest BCUT2D eigenvalue weighted by atomic mass is 9.97. The summed E-state index contributed by atoms with van der Waals surface area (Å²) in [6.07, 6.45) is 0. The molecular formula is C11H15NO2. The van der Waals surface area contributed by atoms with Gasteiger partial charge < -0.3 is 15.2 Å². The zero-order valence-corrected chi connectivity index (χ0v) is 8.76. The van der Waals surface area contributed by atoms with Crippen molar-refractivity contribution in [2.45, 2.75) is 26.8 Å². The van der Waals surface area contributed by atoms with E-state index in [1.165, 1.54) is 11.1 Å². The Bertz CT molecular complexity index is 372. The maximum Gasteiger partial charge on any atom is 0.231 e. The minimum absolute atomic E-state index is 0.0228. The van der Waals surface area contributed by atoms with Gasteiger partial charge in [-0.15, -0.1) is 0 Å². The van der Waals surface area contributed by atoms with Gasteiger partial charge in [-0.1, -0.05) is 0 Å². The number of hydrogen-bond acceptors (Lipinski definition) is 3. The molecule has 1 unspecified atom stereocenters. The lowest BCUT2D eigenvalue weighted by Crippen LogP contribution is -2.09. The third kappa shape index (κ3) is 1.24. The SMILES string of the molecule is Cc1cc2c(c(C(C)N)c1C)OCO2. The van der Waals surface area contributed by atoms with Gasteiger partial charge in [0.1, 0.15) is 0 Å². The van der Waals surface area contributed by atoms with Gasteiger partial charge in [0.05, 0.1) is 0 Å². The predicted octanol–water partition coefficient (Wildman–Crippen LogP) is 2.05. The molecule has 3 heteroatoms. The summed E-state index contributed by atoms with van der Waals surface area (Å²) >= 11 is 0. The van der Waals surface area contributed by atoms with Crippen LogP contribution in [0.15, 0.2) is 6.07 Å². The summed E-state index contributed by atoms with van der Waals surface area (Å²) in [5.41, 5.74) is 9.38. The summed E-state index contributed by atoms with van der Waals surface area (Å²) in [5.74, 6) is 1.64. The fourth-order valence-corrected chi connectivity index (χ4v) is 1.84. The maximum atomic E-state index is 5.92. The van der Waals surface area contributed by atoms with Gasteiger partial charge in [0.25, 0.3) is 0 Å². The second-order valence-corrected chi connectivity index (χ2v) is 3.75. The van der Waals surface area contributed by atoms with Crippen molar-refractivity contribution >= 4 is 0 Å². The Hall–Kier alpha value is -1.22. The van der Waals surface area contributed by atoms with Crippen LogP contribution in [0.3, 0.4) is 0 Å². The maximum absolute atomic E-state index is 5.92. The summed E-state index contributed by atoms with van der Waals surface area (Å²) in [5, 5.41) is 0. The standard InChI is InChI=1S/C11H15NO2/c1-6-4-9-11(14-5-13-9)10(7(6)2)8(3)12/h4,8H,5,12H2,1-3H3. The van der Waals surface area contributed by atoms with Crippen LogP contribution in [0.4, 0.5) is 0 Å². The Kier molecular flexibility index (Phi) is 2.11. The van der Waals surface area contributed by atoms with Gasteiger partial charge in [-0.25, -0.2) is 0 Å². The molecule has 2 rings (SSSR count). The van der Waals surface area contributed by atoms with Gasteiger partial charge in [0.15, 0.2) is 11.5 Å². The Balaban J connectivity index is 2.66. The van der Waals surface area contributed by atoms with E-state index >= 15 is 0 Å². The van der Waals surface area contributed by atoms with Gasteiger partial charge in [0.2, 0.25) is 6.79 Å². The van der Waals surface area contributed by atoms with Crippen LogP contribution in [0, 0.1) is 13.8 Å². The van der Waals surface area contributed by atoms with Gasteiger partial charge >= 0.3 is 0 Å². The molecule has 1 aliphatic rings. The summed E-state index contributed by atoms with van der Waals surface area (Å²) in [4.78, 5) is 0. The van der Waals surface area contributed by atoms with Crippen LogP contribution in [-0.2, 0) is 0 Å². The average Bonchev–Trinajstić information content (AvgIpc) is 2.52. The van der Waals surface area contributed by atoms with Crippen LogP contribution in [0.1, 0.15) is 29.7 Å². The van der Waals surface area contributed by atoms with Crippen LogP contribution in [0.5, 0.6) is 11.5 Å². The van der Waals surface area contributed by atoms with Crippen LogP contribution < -0.4 is 15.2 Å². The molecule has 0 aromatic heterocycles. The monoisotopic (exact) mass is 193 g/mol. The van der Waals surface area contributed by atoms with Crippen LogP contribution >= 0.6 is 0 Å². The highest BCUT2D eigenvalue weighted by molar-refractivity contribution is 5.56. The zero-order valence-electron chi connectivity index (χ0n) is 8.76. The number of benzene rings is 1. The number of rotatable bonds is 1. The van der Waals surface area contributed by atoms with Gasteiger partial charge in [-0.2, -0.15) is 0 Å². The summed E-state index contributed by atoms with van der Waals surface area (Å²) < 4.78 is 10.8. The molecule has 1 aliphatic heterocycles. The van der Waals surface area contributed by atoms with Gasteiger partial charge in [-0.05, 0) is 38.0 Å². The molecule has 0 fully saturated rings. The molecule has 0 aliphatic carbocycles. The fourth-order valence-electron chi connectivity index (χ4n) is 1.84. The minimum Gasteiger partial charge on any atom is -0.454 e. The summed E-state index contributed by atoms with van der Waals surface area (Å²) in [7, 11) is 0. The highest BCUT2D eigenvalue weighted by Crippen LogP contribution is 2.41. The molecule has 0 amide bonds. The topological polar surface area (TPSA) is 44.5 Å². The van der Waals surface area contributed by atoms with Crippen molar-refractivity contribution < 1.29 is 9.47 Å². The van der Waals surface area contributed by atoms with Crippen molar-refractivity contribution in [3.8, 4) is 11.5 Å². The molecule has 0 saturated carbocycles. The number of fused-ring (bicyclic) bond motifs is 1. The van der Waals surface area contributed by atoms with E-state index in [4.69, 9.17) is 15.2 Å². The van der Waals surface area contributed by atoms with E-state index in [0.29, 0.717) is 6.79 Å². The molecule has 1 aromatic rings. The highest BCUT2D eigenvalue weighted by atomic mass is 16.7. The Morgan fingerprint density at radius 2 is 2.07 bits per heavy atom. The van der Waals surface area contributed by atoms with Crippen molar-refractivity contribution in [1.29, 1.82) is 0 Å². The van der Waals surface area contributed by atoms with E-state index in [0.717, 1.165) is 17.1 Å². The Morgan fingerprint density at radius 1 is 1.36 bits per heavy atom. The molecule has 0 spiro atoms. The fraction of sp³-hybridized carbons (Fsp3) is 0.455. The summed E-state index contributed by atoms with van der Waals surface area (Å²) in [6, 6.07) is 1.98. The Labute approximate surface area is 83.8 Å². The lowest BCUT2D eigenvalue weighted by molar-refractivity contribution is 0.173. The second-order valence-electron chi connectivity index (χ2n) is 3.75. The molecular weight excluding hydrogens is 178 g/mol. The molecule has 14 heavy (non-hydrogen) atoms. The molecule has 2 N–H and O–H groups in total. The van der Waals surface area contributed by atoms with E-state index in [9.17, 15) is 0 Å². The van der Waals surface area contributed by atoms with E-state index in [1.807, 2.05) is 13.0 Å². The molecule has 0 bridgehead atoms. The normalized spacial score (nSPS) is 15.7. The van der Waals surface area contributed by atoms with Crippen LogP contribution in [0.2, 0.25) is 0 Å². The quantitative estimate of drug-likeness (QED) is 0.742. The molecule has 76 valence electrons. The third-order valence-corrected chi connectivity index (χ3v) is 2.68. The van der Waals surface area contributed by atoms with Gasteiger partial charge in [-0.3, -0.25) is 0 Å². The van der Waals surface area contributed by atoms with Gasteiger partial charge in [0, 0.05) is 11.6 Å². The molecule has 0 radical (unpaired) electrons. The van der Waals surface area contributed by atoms with Crippen molar-refractivity contribution in [3.05, 3.63) is 22.8 Å². The zero-order chi connectivity index (χ0) is 10.3. The molecule has 0 saturated heterocycles. The van der Waals surface area contributed by atoms with E-state index < -0.39 is 0 Å². The molecule has 1 atom stereocenters. The predicted molar refractivity (Wildman–Crippen MR) is 54.6 cm³/mol. The summed E-state index contributed by atoms with van der Waals surface area (Å²) in [6.45, 7) is 6.39. The smallest absolute Gasteiger partial charge is 0.231 e. The second kappa shape index (κ2) is 3.17. The van der Waals surface area contributed by atoms with Crippen molar-refractivity contribution in [1.82, 2.24) is 0 Å². The number of ether oxygens (including phenoxy) is 2. The largest absolute Gasteiger partial charge is 0.454 e.